The molecule has 0 spiro atoms. The first-order valence-corrected chi connectivity index (χ1v) is 9.14. The molecule has 0 bridgehead atoms. The molecule has 0 amide bonds. The molecule has 1 saturated carbocycles. The molecule has 1 fully saturated rings. The highest BCUT2D eigenvalue weighted by atomic mass is 35.5. The number of anilines is 1. The van der Waals surface area contributed by atoms with E-state index in [1.807, 2.05) is 17.7 Å². The van der Waals surface area contributed by atoms with Gasteiger partial charge in [0.05, 0.1) is 24.2 Å². The van der Waals surface area contributed by atoms with Crippen molar-refractivity contribution in [1.29, 1.82) is 0 Å². The molecule has 1 unspecified atom stereocenters. The van der Waals surface area contributed by atoms with E-state index in [1.165, 1.54) is 24.7 Å². The molecule has 0 radical (unpaired) electrons. The van der Waals surface area contributed by atoms with Crippen molar-refractivity contribution in [3.05, 3.63) is 39.8 Å². The molecule has 1 aromatic carbocycles. The van der Waals surface area contributed by atoms with E-state index in [-0.39, 0.29) is 6.04 Å². The lowest BCUT2D eigenvalue weighted by Crippen LogP contribution is -2.12. The van der Waals surface area contributed by atoms with Gasteiger partial charge in [-0.05, 0) is 51.2 Å². The Morgan fingerprint density at radius 1 is 1.31 bits per heavy atom. The Kier molecular flexibility index (Phi) is 4.03. The van der Waals surface area contributed by atoms with E-state index in [2.05, 4.69) is 28.9 Å². The molecule has 0 aliphatic heterocycles. The van der Waals surface area contributed by atoms with Gasteiger partial charge in [0.1, 0.15) is 17.9 Å². The van der Waals surface area contributed by atoms with Crippen LogP contribution in [0, 0.1) is 13.8 Å². The zero-order valence-electron chi connectivity index (χ0n) is 15.4. The second kappa shape index (κ2) is 6.13. The van der Waals surface area contributed by atoms with Crippen molar-refractivity contribution >= 4 is 28.5 Å². The lowest BCUT2D eigenvalue weighted by Gasteiger charge is -2.22. The summed E-state index contributed by atoms with van der Waals surface area (Å²) in [5, 5.41) is 6.23. The maximum Gasteiger partial charge on any atom is 0.164 e. The molecule has 2 N–H and O–H groups in total. The summed E-state index contributed by atoms with van der Waals surface area (Å²) in [6.07, 6.45) is 3.83. The lowest BCUT2D eigenvalue weighted by atomic mass is 9.96. The summed E-state index contributed by atoms with van der Waals surface area (Å²) in [6, 6.07) is 1.88. The summed E-state index contributed by atoms with van der Waals surface area (Å²) >= 11 is 6.57. The monoisotopic (exact) mass is 371 g/mol. The van der Waals surface area contributed by atoms with Crippen molar-refractivity contribution in [2.75, 3.05) is 12.8 Å². The first-order chi connectivity index (χ1) is 12.4. The van der Waals surface area contributed by atoms with Crippen LogP contribution in [-0.4, -0.2) is 26.9 Å². The number of nitrogens with two attached hydrogens (primary N) is 1. The molecule has 7 heteroatoms. The van der Waals surface area contributed by atoms with E-state index in [4.69, 9.17) is 22.1 Å². The van der Waals surface area contributed by atoms with Crippen LogP contribution in [0.1, 0.15) is 54.1 Å². The fraction of sp³-hybridized carbons (Fsp3) is 0.421. The van der Waals surface area contributed by atoms with Gasteiger partial charge in [0, 0.05) is 16.1 Å². The number of nitrogen functional groups attached to an aromatic ring is 1. The Bertz CT molecular complexity index is 1010. The predicted octanol–water partition coefficient (Wildman–Crippen LogP) is 4.17. The fourth-order valence-corrected chi connectivity index (χ4v) is 3.96. The van der Waals surface area contributed by atoms with Crippen LogP contribution in [0.3, 0.4) is 0 Å². The molecule has 1 aliphatic rings. The van der Waals surface area contributed by atoms with E-state index in [1.54, 1.807) is 7.11 Å². The number of fused-ring (bicyclic) bond motifs is 1. The zero-order chi connectivity index (χ0) is 18.6. The largest absolute Gasteiger partial charge is 0.496 e. The van der Waals surface area contributed by atoms with E-state index in [9.17, 15) is 0 Å². The Balaban J connectivity index is 1.93. The number of benzene rings is 1. The molecule has 1 aliphatic carbocycles. The maximum atomic E-state index is 6.57. The van der Waals surface area contributed by atoms with Crippen LogP contribution < -0.4 is 10.5 Å². The number of nitrogens with zero attached hydrogens (tertiary/aromatic N) is 4. The minimum atomic E-state index is -0.106. The predicted molar refractivity (Wildman–Crippen MR) is 103 cm³/mol. The summed E-state index contributed by atoms with van der Waals surface area (Å²) in [7, 11) is 1.72. The first kappa shape index (κ1) is 17.1. The van der Waals surface area contributed by atoms with Crippen LogP contribution in [0.25, 0.3) is 11.0 Å². The molecule has 6 nitrogen and oxygen atoms in total. The van der Waals surface area contributed by atoms with Crippen LogP contribution in [0.4, 0.5) is 5.82 Å². The summed E-state index contributed by atoms with van der Waals surface area (Å²) in [4.78, 5) is 8.50. The number of methoxy groups -OCH3 is 1. The van der Waals surface area contributed by atoms with Gasteiger partial charge in [-0.2, -0.15) is 5.10 Å². The Hall–Kier alpha value is -2.34. The number of rotatable bonds is 4. The number of hydrogen-bond donors (Lipinski definition) is 1. The van der Waals surface area contributed by atoms with Crippen LogP contribution in [0.5, 0.6) is 5.75 Å². The van der Waals surface area contributed by atoms with Crippen LogP contribution >= 0.6 is 11.6 Å². The highest BCUT2D eigenvalue weighted by molar-refractivity contribution is 6.31. The molecular formula is C19H22ClN5O. The number of hydrogen-bond acceptors (Lipinski definition) is 5. The third-order valence-corrected chi connectivity index (χ3v) is 5.64. The Morgan fingerprint density at radius 2 is 2.04 bits per heavy atom. The lowest BCUT2D eigenvalue weighted by molar-refractivity contribution is 0.396. The van der Waals surface area contributed by atoms with Crippen LogP contribution in [0.15, 0.2) is 12.4 Å². The molecule has 1 atom stereocenters. The molecular weight excluding hydrogens is 350 g/mol. The van der Waals surface area contributed by atoms with Gasteiger partial charge in [-0.25, -0.2) is 14.6 Å². The van der Waals surface area contributed by atoms with Gasteiger partial charge >= 0.3 is 0 Å². The molecule has 4 rings (SSSR count). The highest BCUT2D eigenvalue weighted by Gasteiger charge is 2.32. The van der Waals surface area contributed by atoms with Crippen LogP contribution in [-0.2, 0) is 0 Å². The topological polar surface area (TPSA) is 78.9 Å². The number of aryl methyl sites for hydroxylation is 1. The quantitative estimate of drug-likeness (QED) is 0.744. The fourth-order valence-electron chi connectivity index (χ4n) is 3.74. The molecule has 3 aromatic rings. The first-order valence-electron chi connectivity index (χ1n) is 8.76. The smallest absolute Gasteiger partial charge is 0.164 e. The average Bonchev–Trinajstić information content (AvgIpc) is 3.39. The van der Waals surface area contributed by atoms with Crippen molar-refractivity contribution in [2.45, 2.75) is 45.6 Å². The zero-order valence-corrected chi connectivity index (χ0v) is 16.1. The van der Waals surface area contributed by atoms with Crippen molar-refractivity contribution in [3.63, 3.8) is 0 Å². The van der Waals surface area contributed by atoms with Crippen molar-refractivity contribution in [3.8, 4) is 5.75 Å². The van der Waals surface area contributed by atoms with Gasteiger partial charge in [0.2, 0.25) is 0 Å². The second-order valence-electron chi connectivity index (χ2n) is 6.96. The van der Waals surface area contributed by atoms with Gasteiger partial charge in [-0.15, -0.1) is 0 Å². The highest BCUT2D eigenvalue weighted by Crippen LogP contribution is 2.50. The summed E-state index contributed by atoms with van der Waals surface area (Å²) in [6.45, 7) is 6.05. The summed E-state index contributed by atoms with van der Waals surface area (Å²) < 4.78 is 7.72. The molecule has 2 heterocycles. The minimum Gasteiger partial charge on any atom is -0.496 e. The standard InChI is InChI=1S/C19H22ClN5O/c1-9-14(20)7-13(17(26-4)15(9)12-5-6-12)11(3)25-19-16(10(2)24-25)18(21)22-8-23-19/h7-8,11-12H,5-6H2,1-4H3,(H2,21,22,23). The second-order valence-corrected chi connectivity index (χ2v) is 7.36. The number of aromatic nitrogens is 4. The summed E-state index contributed by atoms with van der Waals surface area (Å²) in [5.74, 6) is 1.88. The average molecular weight is 372 g/mol. The van der Waals surface area contributed by atoms with Crippen LogP contribution in [0.2, 0.25) is 5.02 Å². The van der Waals surface area contributed by atoms with Gasteiger partial charge < -0.3 is 10.5 Å². The SMILES string of the molecule is COc1c(C(C)n2nc(C)c3c(N)ncnc32)cc(Cl)c(C)c1C1CC1. The maximum absolute atomic E-state index is 6.57. The van der Waals surface area contributed by atoms with Gasteiger partial charge in [0.15, 0.2) is 5.65 Å². The van der Waals surface area contributed by atoms with Gasteiger partial charge in [-0.1, -0.05) is 11.6 Å². The third-order valence-electron chi connectivity index (χ3n) is 5.25. The molecule has 2 aromatic heterocycles. The molecule has 136 valence electrons. The minimum absolute atomic E-state index is 0.106. The van der Waals surface area contributed by atoms with E-state index >= 15 is 0 Å². The molecule has 0 saturated heterocycles. The van der Waals surface area contributed by atoms with Crippen molar-refractivity contribution in [2.24, 2.45) is 0 Å². The van der Waals surface area contributed by atoms with E-state index in [0.717, 1.165) is 33.0 Å². The van der Waals surface area contributed by atoms with Gasteiger partial charge in [-0.3, -0.25) is 0 Å². The third kappa shape index (κ3) is 2.51. The number of halogens is 1. The van der Waals surface area contributed by atoms with E-state index in [0.29, 0.717) is 17.4 Å². The van der Waals surface area contributed by atoms with Crippen molar-refractivity contribution < 1.29 is 4.74 Å². The van der Waals surface area contributed by atoms with E-state index < -0.39 is 0 Å². The van der Waals surface area contributed by atoms with Gasteiger partial charge in [0.25, 0.3) is 0 Å². The Labute approximate surface area is 157 Å². The summed E-state index contributed by atoms with van der Waals surface area (Å²) in [5.41, 5.74) is 10.9. The van der Waals surface area contributed by atoms with Crippen molar-refractivity contribution in [1.82, 2.24) is 19.7 Å². The normalized spacial score (nSPS) is 15.4. The number of ether oxygens (including phenoxy) is 1. The molecule has 26 heavy (non-hydrogen) atoms. The Morgan fingerprint density at radius 3 is 2.69 bits per heavy atom.